The Labute approximate surface area is 217 Å². The molecule has 10 nitrogen and oxygen atoms in total. The smallest absolute Gasteiger partial charge is 0.320 e. The Morgan fingerprint density at radius 3 is 2.45 bits per heavy atom. The number of anilines is 1. The average molecular weight is 540 g/mol. The molecule has 14 heteroatoms. The molecule has 1 amide bonds. The number of amides is 1. The van der Waals surface area contributed by atoms with Gasteiger partial charge in [-0.1, -0.05) is 35.9 Å². The van der Waals surface area contributed by atoms with Crippen LogP contribution in [0.2, 0.25) is 5.02 Å². The molecule has 0 radical (unpaired) electrons. The fraction of sp³-hybridized carbons (Fsp3) is 0.167. The third-order valence-corrected chi connectivity index (χ3v) is 6.44. The lowest BCUT2D eigenvalue weighted by molar-refractivity contribution is -0.143. The highest BCUT2D eigenvalue weighted by Gasteiger charge is 2.41. The van der Waals surface area contributed by atoms with Crippen molar-refractivity contribution in [1.82, 2.24) is 40.1 Å². The number of alkyl halides is 3. The van der Waals surface area contributed by atoms with Gasteiger partial charge in [0.1, 0.15) is 0 Å². The molecule has 1 saturated heterocycles. The third kappa shape index (κ3) is 4.15. The quantitative estimate of drug-likeness (QED) is 0.341. The van der Waals surface area contributed by atoms with Crippen molar-refractivity contribution >= 4 is 34.0 Å². The van der Waals surface area contributed by atoms with E-state index >= 15 is 0 Å². The molecule has 5 heterocycles. The van der Waals surface area contributed by atoms with E-state index in [4.69, 9.17) is 11.6 Å². The van der Waals surface area contributed by atoms with E-state index in [2.05, 4.69) is 35.9 Å². The number of benzene rings is 1. The van der Waals surface area contributed by atoms with Crippen molar-refractivity contribution in [3.8, 4) is 11.5 Å². The minimum atomic E-state index is -4.90. The lowest BCUT2D eigenvalue weighted by atomic mass is 9.97. The molecule has 1 aromatic carbocycles. The van der Waals surface area contributed by atoms with Crippen molar-refractivity contribution in [3.05, 3.63) is 83.3 Å². The van der Waals surface area contributed by atoms with Crippen LogP contribution < -0.4 is 10.6 Å². The number of pyridine rings is 2. The minimum absolute atomic E-state index is 0.0332. The number of nitrogens with one attached hydrogen (secondary N) is 2. The van der Waals surface area contributed by atoms with Gasteiger partial charge in [0.25, 0.3) is 5.91 Å². The van der Waals surface area contributed by atoms with Crippen LogP contribution in [0, 0.1) is 0 Å². The molecule has 2 N–H and O–H groups in total. The Bertz CT molecular complexity index is 1660. The van der Waals surface area contributed by atoms with Crippen molar-refractivity contribution < 1.29 is 18.0 Å². The van der Waals surface area contributed by atoms with E-state index in [0.29, 0.717) is 15.5 Å². The fourth-order valence-corrected chi connectivity index (χ4v) is 4.55. The Hall–Kier alpha value is -4.36. The predicted octanol–water partition coefficient (Wildman–Crippen LogP) is 4.36. The molecule has 1 aliphatic rings. The molecule has 1 fully saturated rings. The van der Waals surface area contributed by atoms with Gasteiger partial charge in [-0.25, -0.2) is 9.67 Å². The number of fused-ring (bicyclic) bond motifs is 1. The van der Waals surface area contributed by atoms with Crippen molar-refractivity contribution in [2.75, 3.05) is 11.9 Å². The van der Waals surface area contributed by atoms with Gasteiger partial charge in [-0.15, -0.1) is 4.80 Å². The number of halogens is 4. The topological polar surface area (TPSA) is 115 Å². The van der Waals surface area contributed by atoms with E-state index in [1.54, 1.807) is 18.2 Å². The first kappa shape index (κ1) is 24.0. The van der Waals surface area contributed by atoms with Gasteiger partial charge in [0.15, 0.2) is 11.5 Å². The summed E-state index contributed by atoms with van der Waals surface area (Å²) in [6.07, 6.45) is 2.32. The maximum Gasteiger partial charge on any atom is 0.434 e. The zero-order chi connectivity index (χ0) is 26.4. The molecule has 1 unspecified atom stereocenters. The summed E-state index contributed by atoms with van der Waals surface area (Å²) in [5.74, 6) is -0.836. The van der Waals surface area contributed by atoms with E-state index in [-0.39, 0.29) is 28.3 Å². The summed E-state index contributed by atoms with van der Waals surface area (Å²) in [5.41, 5.74) is -0.947. The van der Waals surface area contributed by atoms with Crippen LogP contribution in [0.15, 0.2) is 61.3 Å². The third-order valence-electron chi connectivity index (χ3n) is 6.16. The summed E-state index contributed by atoms with van der Waals surface area (Å²) in [6.45, 7) is 0.849. The maximum absolute atomic E-state index is 14.4. The second-order valence-electron chi connectivity index (χ2n) is 8.49. The lowest BCUT2D eigenvalue weighted by Gasteiger charge is -2.28. The average Bonchev–Trinajstić information content (AvgIpc) is 3.54. The van der Waals surface area contributed by atoms with Crippen LogP contribution in [0.1, 0.15) is 34.2 Å². The van der Waals surface area contributed by atoms with Gasteiger partial charge in [0.05, 0.1) is 64.7 Å². The zero-order valence-corrected chi connectivity index (χ0v) is 20.1. The number of nitrogens with zero attached hydrogens (tertiary/aromatic N) is 7. The van der Waals surface area contributed by atoms with Crippen LogP contribution in [-0.4, -0.2) is 47.2 Å². The first-order chi connectivity index (χ1) is 18.3. The van der Waals surface area contributed by atoms with Gasteiger partial charge in [-0.3, -0.25) is 9.78 Å². The van der Waals surface area contributed by atoms with Gasteiger partial charge >= 0.3 is 6.18 Å². The number of carbonyl (C=O) groups is 1. The molecule has 5 aromatic rings. The Balaban J connectivity index is 1.38. The van der Waals surface area contributed by atoms with Crippen LogP contribution in [0.4, 0.5) is 18.9 Å². The largest absolute Gasteiger partial charge is 0.434 e. The van der Waals surface area contributed by atoms with Crippen LogP contribution in [0.5, 0.6) is 0 Å². The van der Waals surface area contributed by atoms with Gasteiger partial charge in [-0.2, -0.15) is 28.5 Å². The number of hydrogen-bond acceptors (Lipinski definition) is 7. The van der Waals surface area contributed by atoms with Crippen LogP contribution in [0.25, 0.3) is 22.3 Å². The standard InChI is InChI=1S/C24H17ClF3N9O/c25-17-9-13(10-31-22(17)37-32-7-8-33-37)35-23(38)16-11-34-36(21(16)24(26,27)28)19-12-30-20(18-5-6-29-18)15-4-2-1-3-14(15)19/h1-4,7-12,18,29H,5-6H2,(H,35,38). The molecular weight excluding hydrogens is 523 g/mol. The van der Waals surface area contributed by atoms with E-state index in [1.165, 1.54) is 35.7 Å². The fourth-order valence-electron chi connectivity index (χ4n) is 4.31. The van der Waals surface area contributed by atoms with Crippen molar-refractivity contribution in [2.45, 2.75) is 18.6 Å². The Kier molecular flexibility index (Phi) is 5.80. The molecule has 6 rings (SSSR count). The van der Waals surface area contributed by atoms with E-state index in [0.717, 1.165) is 24.9 Å². The monoisotopic (exact) mass is 539 g/mol. The SMILES string of the molecule is O=C(Nc1cnc(-n2nccn2)c(Cl)c1)c1cnn(-c2cnc(C3CCN3)c3ccccc23)c1C(F)(F)F. The van der Waals surface area contributed by atoms with Crippen LogP contribution in [-0.2, 0) is 6.18 Å². The number of rotatable bonds is 5. The highest BCUT2D eigenvalue weighted by molar-refractivity contribution is 6.32. The van der Waals surface area contributed by atoms with Gasteiger partial charge < -0.3 is 10.6 Å². The second kappa shape index (κ2) is 9.19. The molecule has 1 atom stereocenters. The maximum atomic E-state index is 14.4. The highest BCUT2D eigenvalue weighted by Crippen LogP contribution is 2.37. The van der Waals surface area contributed by atoms with Gasteiger partial charge in [0.2, 0.25) is 0 Å². The molecule has 1 aliphatic heterocycles. The van der Waals surface area contributed by atoms with Crippen LogP contribution in [0.3, 0.4) is 0 Å². The summed E-state index contributed by atoms with van der Waals surface area (Å²) in [4.78, 5) is 22.7. The zero-order valence-electron chi connectivity index (χ0n) is 19.3. The molecule has 0 bridgehead atoms. The second-order valence-corrected chi connectivity index (χ2v) is 8.90. The minimum Gasteiger partial charge on any atom is -0.320 e. The summed E-state index contributed by atoms with van der Waals surface area (Å²) >= 11 is 6.22. The van der Waals surface area contributed by atoms with Crippen molar-refractivity contribution in [2.24, 2.45) is 0 Å². The van der Waals surface area contributed by atoms with E-state index in [1.807, 2.05) is 6.07 Å². The van der Waals surface area contributed by atoms with Crippen molar-refractivity contribution in [1.29, 1.82) is 0 Å². The summed E-state index contributed by atoms with van der Waals surface area (Å²) in [7, 11) is 0. The summed E-state index contributed by atoms with van der Waals surface area (Å²) < 4.78 is 43.8. The predicted molar refractivity (Wildman–Crippen MR) is 131 cm³/mol. The summed E-state index contributed by atoms with van der Waals surface area (Å²) in [6, 6.07) is 8.42. The van der Waals surface area contributed by atoms with E-state index < -0.39 is 23.3 Å². The Morgan fingerprint density at radius 2 is 1.79 bits per heavy atom. The number of hydrogen-bond donors (Lipinski definition) is 2. The molecule has 0 spiro atoms. The van der Waals surface area contributed by atoms with Crippen molar-refractivity contribution in [3.63, 3.8) is 0 Å². The molecule has 38 heavy (non-hydrogen) atoms. The van der Waals surface area contributed by atoms with Gasteiger partial charge in [-0.05, 0) is 19.0 Å². The van der Waals surface area contributed by atoms with Gasteiger partial charge in [0, 0.05) is 10.8 Å². The number of aromatic nitrogens is 7. The van der Waals surface area contributed by atoms with Crippen LogP contribution >= 0.6 is 11.6 Å². The molecule has 0 saturated carbocycles. The number of carbonyl (C=O) groups excluding carboxylic acids is 1. The van der Waals surface area contributed by atoms with E-state index in [9.17, 15) is 18.0 Å². The molecule has 192 valence electrons. The summed E-state index contributed by atoms with van der Waals surface area (Å²) in [5, 5.41) is 18.8. The highest BCUT2D eigenvalue weighted by atomic mass is 35.5. The molecule has 4 aromatic heterocycles. The Morgan fingerprint density at radius 1 is 1.05 bits per heavy atom. The molecule has 0 aliphatic carbocycles. The molecular formula is C24H17ClF3N9O. The first-order valence-corrected chi connectivity index (χ1v) is 11.8. The lowest BCUT2D eigenvalue weighted by Crippen LogP contribution is -2.35. The normalized spacial score (nSPS) is 15.4. The first-order valence-electron chi connectivity index (χ1n) is 11.4.